The molecule has 2 aliphatic heterocycles. The Kier molecular flexibility index (Phi) is 7.24. The van der Waals surface area contributed by atoms with Gasteiger partial charge in [0.25, 0.3) is 0 Å². The molecule has 0 spiro atoms. The maximum Gasteiger partial charge on any atom is 0.196 e. The van der Waals surface area contributed by atoms with Crippen LogP contribution in [0.4, 0.5) is 11.4 Å². The van der Waals surface area contributed by atoms with Crippen LogP contribution in [0.3, 0.4) is 0 Å². The largest absolute Gasteiger partial charge is 0.490 e. The van der Waals surface area contributed by atoms with Gasteiger partial charge in [0.1, 0.15) is 0 Å². The van der Waals surface area contributed by atoms with Crippen molar-refractivity contribution in [2.75, 3.05) is 54.6 Å². The molecular weight excluding hydrogens is 396 g/mol. The standard InChI is InChI=1S/C23H30N4O2S/c1-2-24-23(26-19-6-9-21-22(16-19)29-13-3-12-28-21)25-17-18-4-7-20(8-5-18)27-10-14-30-15-11-27/h4-9,16H,2-3,10-15,17H2,1H3,(H2,24,25,26). The van der Waals surface area contributed by atoms with Gasteiger partial charge >= 0.3 is 0 Å². The fourth-order valence-electron chi connectivity index (χ4n) is 3.49. The minimum absolute atomic E-state index is 0.621. The fourth-order valence-corrected chi connectivity index (χ4v) is 4.39. The van der Waals surface area contributed by atoms with Crippen molar-refractivity contribution in [3.8, 4) is 11.5 Å². The van der Waals surface area contributed by atoms with Crippen LogP contribution >= 0.6 is 11.8 Å². The molecule has 0 radical (unpaired) electrons. The average molecular weight is 427 g/mol. The summed E-state index contributed by atoms with van der Waals surface area (Å²) in [5.74, 6) is 4.75. The van der Waals surface area contributed by atoms with Crippen molar-refractivity contribution in [1.82, 2.24) is 5.32 Å². The van der Waals surface area contributed by atoms with E-state index in [2.05, 4.69) is 46.7 Å². The van der Waals surface area contributed by atoms with Crippen LogP contribution in [-0.4, -0.2) is 50.3 Å². The second-order valence-electron chi connectivity index (χ2n) is 7.30. The zero-order valence-corrected chi connectivity index (χ0v) is 18.3. The molecule has 0 aromatic heterocycles. The number of fused-ring (bicyclic) bond motifs is 1. The minimum Gasteiger partial charge on any atom is -0.490 e. The first-order chi connectivity index (χ1) is 14.8. The second kappa shape index (κ2) is 10.5. The van der Waals surface area contributed by atoms with Gasteiger partial charge in [0.2, 0.25) is 0 Å². The number of hydrogen-bond acceptors (Lipinski definition) is 5. The molecule has 4 rings (SSSR count). The van der Waals surface area contributed by atoms with E-state index in [0.29, 0.717) is 19.8 Å². The molecule has 1 saturated heterocycles. The lowest BCUT2D eigenvalue weighted by atomic mass is 10.2. The molecule has 2 aliphatic rings. The number of thioether (sulfide) groups is 1. The molecule has 2 heterocycles. The highest BCUT2D eigenvalue weighted by molar-refractivity contribution is 7.99. The first-order valence-electron chi connectivity index (χ1n) is 10.7. The van der Waals surface area contributed by atoms with E-state index in [1.54, 1.807) is 0 Å². The van der Waals surface area contributed by atoms with E-state index >= 15 is 0 Å². The van der Waals surface area contributed by atoms with Crippen LogP contribution in [0.25, 0.3) is 0 Å². The number of benzene rings is 2. The summed E-state index contributed by atoms with van der Waals surface area (Å²) in [6, 6.07) is 14.7. The Morgan fingerprint density at radius 2 is 1.80 bits per heavy atom. The minimum atomic E-state index is 0.621. The second-order valence-corrected chi connectivity index (χ2v) is 8.52. The van der Waals surface area contributed by atoms with Crippen molar-refractivity contribution < 1.29 is 9.47 Å². The molecule has 1 fully saturated rings. The van der Waals surface area contributed by atoms with Gasteiger partial charge in [-0.05, 0) is 36.8 Å². The number of hydrogen-bond donors (Lipinski definition) is 2. The average Bonchev–Trinajstić information content (AvgIpc) is 3.04. The SMILES string of the molecule is CCNC(=NCc1ccc(N2CCSCC2)cc1)Nc1ccc2c(c1)OCCCO2. The third-order valence-electron chi connectivity index (χ3n) is 5.09. The van der Waals surface area contributed by atoms with Crippen molar-refractivity contribution in [2.24, 2.45) is 4.99 Å². The third-order valence-corrected chi connectivity index (χ3v) is 6.03. The van der Waals surface area contributed by atoms with E-state index in [0.717, 1.165) is 49.2 Å². The molecule has 0 atom stereocenters. The highest BCUT2D eigenvalue weighted by atomic mass is 32.2. The van der Waals surface area contributed by atoms with E-state index in [1.807, 2.05) is 30.0 Å². The maximum absolute atomic E-state index is 5.79. The Morgan fingerprint density at radius 3 is 2.57 bits per heavy atom. The van der Waals surface area contributed by atoms with Crippen LogP contribution in [0.2, 0.25) is 0 Å². The molecular formula is C23H30N4O2S. The fraction of sp³-hybridized carbons (Fsp3) is 0.435. The van der Waals surface area contributed by atoms with Gasteiger partial charge in [0.05, 0.1) is 19.8 Å². The lowest BCUT2D eigenvalue weighted by Crippen LogP contribution is -2.32. The van der Waals surface area contributed by atoms with E-state index in [4.69, 9.17) is 14.5 Å². The van der Waals surface area contributed by atoms with E-state index < -0.39 is 0 Å². The van der Waals surface area contributed by atoms with Crippen molar-refractivity contribution in [2.45, 2.75) is 19.9 Å². The summed E-state index contributed by atoms with van der Waals surface area (Å²) < 4.78 is 11.5. The molecule has 30 heavy (non-hydrogen) atoms. The van der Waals surface area contributed by atoms with Crippen molar-refractivity contribution in [1.29, 1.82) is 0 Å². The van der Waals surface area contributed by atoms with Crippen LogP contribution in [0.15, 0.2) is 47.5 Å². The van der Waals surface area contributed by atoms with Crippen molar-refractivity contribution in [3.63, 3.8) is 0 Å². The summed E-state index contributed by atoms with van der Waals surface area (Å²) in [4.78, 5) is 7.21. The predicted molar refractivity (Wildman–Crippen MR) is 126 cm³/mol. The van der Waals surface area contributed by atoms with Crippen LogP contribution in [0.1, 0.15) is 18.9 Å². The smallest absolute Gasteiger partial charge is 0.196 e. The Hall–Kier alpha value is -2.54. The summed E-state index contributed by atoms with van der Waals surface area (Å²) in [5.41, 5.74) is 3.43. The number of guanidine groups is 1. The van der Waals surface area contributed by atoms with Gasteiger partial charge in [-0.25, -0.2) is 4.99 Å². The number of aliphatic imine (C=N–C) groups is 1. The van der Waals surface area contributed by atoms with Crippen LogP contribution in [-0.2, 0) is 6.54 Å². The van der Waals surface area contributed by atoms with Gasteiger partial charge in [0.15, 0.2) is 17.5 Å². The number of anilines is 2. The summed E-state index contributed by atoms with van der Waals surface area (Å²) in [7, 11) is 0. The molecule has 2 aromatic rings. The number of rotatable bonds is 5. The Balaban J connectivity index is 1.40. The lowest BCUT2D eigenvalue weighted by molar-refractivity contribution is 0.297. The molecule has 160 valence electrons. The zero-order chi connectivity index (χ0) is 20.6. The highest BCUT2D eigenvalue weighted by Gasteiger charge is 2.12. The third kappa shape index (κ3) is 5.53. The van der Waals surface area contributed by atoms with E-state index in [1.165, 1.54) is 22.8 Å². The van der Waals surface area contributed by atoms with Crippen molar-refractivity contribution in [3.05, 3.63) is 48.0 Å². The maximum atomic E-state index is 5.79. The molecule has 0 saturated carbocycles. The molecule has 7 heteroatoms. The first-order valence-corrected chi connectivity index (χ1v) is 11.8. The predicted octanol–water partition coefficient (Wildman–Crippen LogP) is 3.98. The summed E-state index contributed by atoms with van der Waals surface area (Å²) in [6.07, 6.45) is 0.900. The van der Waals surface area contributed by atoms with Gasteiger partial charge < -0.3 is 25.0 Å². The van der Waals surface area contributed by atoms with Gasteiger partial charge in [-0.3, -0.25) is 0 Å². The van der Waals surface area contributed by atoms with Gasteiger partial charge in [-0.1, -0.05) is 12.1 Å². The van der Waals surface area contributed by atoms with Gasteiger partial charge in [-0.15, -0.1) is 0 Å². The highest BCUT2D eigenvalue weighted by Crippen LogP contribution is 2.32. The molecule has 6 nitrogen and oxygen atoms in total. The summed E-state index contributed by atoms with van der Waals surface area (Å²) in [5, 5.41) is 6.69. The number of nitrogens with zero attached hydrogens (tertiary/aromatic N) is 2. The Labute approximate surface area is 183 Å². The first kappa shape index (κ1) is 20.7. The number of ether oxygens (including phenoxy) is 2. The monoisotopic (exact) mass is 426 g/mol. The van der Waals surface area contributed by atoms with Crippen molar-refractivity contribution >= 4 is 29.1 Å². The van der Waals surface area contributed by atoms with Gasteiger partial charge in [-0.2, -0.15) is 11.8 Å². The zero-order valence-electron chi connectivity index (χ0n) is 17.5. The lowest BCUT2D eigenvalue weighted by Gasteiger charge is -2.28. The number of nitrogens with one attached hydrogen (secondary N) is 2. The molecule has 0 unspecified atom stereocenters. The summed E-state index contributed by atoms with van der Waals surface area (Å²) >= 11 is 2.03. The molecule has 0 amide bonds. The Bertz CT molecular complexity index is 851. The molecule has 2 aromatic carbocycles. The van der Waals surface area contributed by atoms with Crippen LogP contribution < -0.4 is 25.0 Å². The quantitative estimate of drug-likeness (QED) is 0.557. The van der Waals surface area contributed by atoms with E-state index in [-0.39, 0.29) is 0 Å². The topological polar surface area (TPSA) is 58.1 Å². The molecule has 2 N–H and O–H groups in total. The summed E-state index contributed by atoms with van der Waals surface area (Å²) in [6.45, 7) is 7.11. The van der Waals surface area contributed by atoms with E-state index in [9.17, 15) is 0 Å². The van der Waals surface area contributed by atoms with Crippen LogP contribution in [0, 0.1) is 0 Å². The Morgan fingerprint density at radius 1 is 1.03 bits per heavy atom. The normalized spacial score (nSPS) is 16.7. The molecule has 0 bridgehead atoms. The van der Waals surface area contributed by atoms with Crippen LogP contribution in [0.5, 0.6) is 11.5 Å². The molecule has 0 aliphatic carbocycles. The van der Waals surface area contributed by atoms with Gasteiger partial charge in [0, 0.05) is 55.0 Å².